The van der Waals surface area contributed by atoms with Crippen LogP contribution in [-0.2, 0) is 6.54 Å². The number of hydrogen-bond donors (Lipinski definition) is 3. The zero-order chi connectivity index (χ0) is 11.5. The van der Waals surface area contributed by atoms with Gasteiger partial charge in [0, 0.05) is 24.2 Å². The molecular formula is C12H17NO3. The number of rotatable bonds is 4. The Labute approximate surface area is 94.9 Å². The average molecular weight is 223 g/mol. The van der Waals surface area contributed by atoms with Gasteiger partial charge in [-0.1, -0.05) is 6.07 Å². The standard InChI is InChI=1S/C12H17NO3/c1-16-11-3-2-8(12(15)6-11)7-13-9-4-10(14)5-9/h2-3,6,9-10,13-15H,4-5,7H2,1H3. The number of nitrogens with one attached hydrogen (secondary N) is 1. The number of ether oxygens (including phenoxy) is 1. The van der Waals surface area contributed by atoms with Gasteiger partial charge in [-0.2, -0.15) is 0 Å². The van der Waals surface area contributed by atoms with Crippen molar-refractivity contribution < 1.29 is 14.9 Å². The van der Waals surface area contributed by atoms with Crippen LogP contribution < -0.4 is 10.1 Å². The highest BCUT2D eigenvalue weighted by atomic mass is 16.5. The molecule has 0 spiro atoms. The molecule has 2 rings (SSSR count). The lowest BCUT2D eigenvalue weighted by molar-refractivity contribution is 0.0619. The van der Waals surface area contributed by atoms with Crippen molar-refractivity contribution in [3.05, 3.63) is 23.8 Å². The van der Waals surface area contributed by atoms with Crippen molar-refractivity contribution in [3.8, 4) is 11.5 Å². The summed E-state index contributed by atoms with van der Waals surface area (Å²) in [6.07, 6.45) is 1.45. The van der Waals surface area contributed by atoms with Crippen molar-refractivity contribution in [2.24, 2.45) is 0 Å². The highest BCUT2D eigenvalue weighted by Crippen LogP contribution is 2.25. The first-order valence-electron chi connectivity index (χ1n) is 5.46. The van der Waals surface area contributed by atoms with E-state index in [0.717, 1.165) is 18.4 Å². The van der Waals surface area contributed by atoms with E-state index in [2.05, 4.69) is 5.32 Å². The summed E-state index contributed by atoms with van der Waals surface area (Å²) in [6, 6.07) is 5.64. The molecule has 0 heterocycles. The summed E-state index contributed by atoms with van der Waals surface area (Å²) in [6.45, 7) is 0.618. The summed E-state index contributed by atoms with van der Waals surface area (Å²) in [4.78, 5) is 0. The monoisotopic (exact) mass is 223 g/mol. The van der Waals surface area contributed by atoms with Crippen LogP contribution in [-0.4, -0.2) is 29.5 Å². The van der Waals surface area contributed by atoms with Crippen LogP contribution in [0.15, 0.2) is 18.2 Å². The Kier molecular flexibility index (Phi) is 3.31. The van der Waals surface area contributed by atoms with Crippen LogP contribution >= 0.6 is 0 Å². The van der Waals surface area contributed by atoms with Crippen LogP contribution in [0.4, 0.5) is 0 Å². The third-order valence-corrected chi connectivity index (χ3v) is 2.99. The molecule has 0 radical (unpaired) electrons. The Morgan fingerprint density at radius 2 is 2.19 bits per heavy atom. The van der Waals surface area contributed by atoms with Crippen LogP contribution in [0.1, 0.15) is 18.4 Å². The number of phenols is 1. The smallest absolute Gasteiger partial charge is 0.123 e. The third-order valence-electron chi connectivity index (χ3n) is 2.99. The van der Waals surface area contributed by atoms with E-state index in [0.29, 0.717) is 18.3 Å². The molecule has 4 nitrogen and oxygen atoms in total. The van der Waals surface area contributed by atoms with E-state index >= 15 is 0 Å². The van der Waals surface area contributed by atoms with Gasteiger partial charge in [0.15, 0.2) is 0 Å². The predicted octanol–water partition coefficient (Wildman–Crippen LogP) is 1.01. The molecule has 1 aromatic rings. The minimum absolute atomic E-state index is 0.151. The summed E-state index contributed by atoms with van der Waals surface area (Å²) >= 11 is 0. The van der Waals surface area contributed by atoms with Crippen LogP contribution in [0.25, 0.3) is 0 Å². The summed E-state index contributed by atoms with van der Waals surface area (Å²) in [5.74, 6) is 0.895. The number of benzene rings is 1. The van der Waals surface area contributed by atoms with Gasteiger partial charge in [0.1, 0.15) is 11.5 Å². The first-order valence-corrected chi connectivity index (χ1v) is 5.46. The summed E-state index contributed by atoms with van der Waals surface area (Å²) < 4.78 is 5.01. The van der Waals surface area contributed by atoms with Gasteiger partial charge in [0.05, 0.1) is 13.2 Å². The lowest BCUT2D eigenvalue weighted by atomic mass is 9.89. The maximum Gasteiger partial charge on any atom is 0.123 e. The molecule has 0 saturated heterocycles. The molecule has 1 fully saturated rings. The summed E-state index contributed by atoms with van der Waals surface area (Å²) in [7, 11) is 1.57. The van der Waals surface area contributed by atoms with Gasteiger partial charge in [-0.15, -0.1) is 0 Å². The van der Waals surface area contributed by atoms with Crippen molar-refractivity contribution >= 4 is 0 Å². The highest BCUT2D eigenvalue weighted by molar-refractivity contribution is 5.39. The number of phenolic OH excluding ortho intramolecular Hbond substituents is 1. The van der Waals surface area contributed by atoms with E-state index in [4.69, 9.17) is 9.84 Å². The van der Waals surface area contributed by atoms with Crippen LogP contribution in [0.3, 0.4) is 0 Å². The molecule has 88 valence electrons. The van der Waals surface area contributed by atoms with Crippen molar-refractivity contribution in [2.45, 2.75) is 31.5 Å². The van der Waals surface area contributed by atoms with E-state index in [1.807, 2.05) is 12.1 Å². The maximum atomic E-state index is 9.71. The predicted molar refractivity (Wildman–Crippen MR) is 60.5 cm³/mol. The van der Waals surface area contributed by atoms with E-state index < -0.39 is 0 Å². The highest BCUT2D eigenvalue weighted by Gasteiger charge is 2.26. The van der Waals surface area contributed by atoms with Crippen molar-refractivity contribution in [1.82, 2.24) is 5.32 Å². The quantitative estimate of drug-likeness (QED) is 0.713. The molecule has 16 heavy (non-hydrogen) atoms. The van der Waals surface area contributed by atoms with Gasteiger partial charge < -0.3 is 20.3 Å². The Hall–Kier alpha value is -1.26. The minimum Gasteiger partial charge on any atom is -0.507 e. The summed E-state index contributed by atoms with van der Waals surface area (Å²) in [5.41, 5.74) is 0.849. The fourth-order valence-electron chi connectivity index (χ4n) is 1.83. The average Bonchev–Trinajstić information content (AvgIpc) is 2.24. The van der Waals surface area contributed by atoms with Gasteiger partial charge in [0.2, 0.25) is 0 Å². The Bertz CT molecular complexity index is 361. The molecule has 0 amide bonds. The molecular weight excluding hydrogens is 206 g/mol. The normalized spacial score (nSPS) is 23.9. The summed E-state index contributed by atoms with van der Waals surface area (Å²) in [5, 5.41) is 22.1. The van der Waals surface area contributed by atoms with Gasteiger partial charge in [-0.25, -0.2) is 0 Å². The zero-order valence-corrected chi connectivity index (χ0v) is 9.31. The van der Waals surface area contributed by atoms with Gasteiger partial charge in [-0.05, 0) is 18.9 Å². The molecule has 4 heteroatoms. The number of aromatic hydroxyl groups is 1. The van der Waals surface area contributed by atoms with Crippen molar-refractivity contribution in [2.75, 3.05) is 7.11 Å². The van der Waals surface area contributed by atoms with Crippen LogP contribution in [0, 0.1) is 0 Å². The molecule has 3 N–H and O–H groups in total. The lowest BCUT2D eigenvalue weighted by Gasteiger charge is -2.32. The second-order valence-corrected chi connectivity index (χ2v) is 4.20. The fourth-order valence-corrected chi connectivity index (χ4v) is 1.83. The first-order chi connectivity index (χ1) is 7.69. The van der Waals surface area contributed by atoms with Gasteiger partial charge >= 0.3 is 0 Å². The third kappa shape index (κ3) is 2.46. The molecule has 0 aliphatic heterocycles. The lowest BCUT2D eigenvalue weighted by Crippen LogP contribution is -2.43. The zero-order valence-electron chi connectivity index (χ0n) is 9.31. The second-order valence-electron chi connectivity index (χ2n) is 4.20. The number of methoxy groups -OCH3 is 1. The van der Waals surface area contributed by atoms with Crippen LogP contribution in [0.2, 0.25) is 0 Å². The molecule has 1 aliphatic carbocycles. The largest absolute Gasteiger partial charge is 0.507 e. The van der Waals surface area contributed by atoms with Crippen LogP contribution in [0.5, 0.6) is 11.5 Å². The molecule has 0 bridgehead atoms. The molecule has 1 aromatic carbocycles. The number of aliphatic hydroxyl groups is 1. The maximum absolute atomic E-state index is 9.71. The SMILES string of the molecule is COc1ccc(CNC2CC(O)C2)c(O)c1. The second kappa shape index (κ2) is 4.72. The van der Waals surface area contributed by atoms with E-state index in [1.165, 1.54) is 0 Å². The molecule has 1 aliphatic rings. The van der Waals surface area contributed by atoms with Crippen molar-refractivity contribution in [1.29, 1.82) is 0 Å². The van der Waals surface area contributed by atoms with E-state index in [1.54, 1.807) is 13.2 Å². The molecule has 0 aromatic heterocycles. The van der Waals surface area contributed by atoms with Gasteiger partial charge in [0.25, 0.3) is 0 Å². The first kappa shape index (κ1) is 11.2. The minimum atomic E-state index is -0.151. The molecule has 1 saturated carbocycles. The fraction of sp³-hybridized carbons (Fsp3) is 0.500. The molecule has 0 atom stereocenters. The number of aliphatic hydroxyl groups excluding tert-OH is 1. The Balaban J connectivity index is 1.89. The van der Waals surface area contributed by atoms with E-state index in [-0.39, 0.29) is 11.9 Å². The topological polar surface area (TPSA) is 61.7 Å². The Morgan fingerprint density at radius 1 is 1.44 bits per heavy atom. The van der Waals surface area contributed by atoms with Gasteiger partial charge in [-0.3, -0.25) is 0 Å². The molecule has 0 unspecified atom stereocenters. The van der Waals surface area contributed by atoms with E-state index in [9.17, 15) is 5.11 Å². The Morgan fingerprint density at radius 3 is 2.75 bits per heavy atom. The number of hydrogen-bond acceptors (Lipinski definition) is 4. The van der Waals surface area contributed by atoms with Crippen molar-refractivity contribution in [3.63, 3.8) is 0 Å².